The summed E-state index contributed by atoms with van der Waals surface area (Å²) in [5.41, 5.74) is 4.00. The fourth-order valence-electron chi connectivity index (χ4n) is 3.31. The van der Waals surface area contributed by atoms with Gasteiger partial charge in [0.25, 0.3) is 5.91 Å². The smallest absolute Gasteiger partial charge is 0.255 e. The highest BCUT2D eigenvalue weighted by atomic mass is 16.5. The summed E-state index contributed by atoms with van der Waals surface area (Å²) in [5.74, 6) is 1.72. The predicted molar refractivity (Wildman–Crippen MR) is 132 cm³/mol. The summed E-state index contributed by atoms with van der Waals surface area (Å²) in [6.45, 7) is 9.10. The van der Waals surface area contributed by atoms with E-state index in [4.69, 9.17) is 9.47 Å². The molecule has 0 aliphatic carbocycles. The van der Waals surface area contributed by atoms with E-state index in [0.29, 0.717) is 36.1 Å². The van der Waals surface area contributed by atoms with Gasteiger partial charge in [-0.05, 0) is 62.6 Å². The van der Waals surface area contributed by atoms with Gasteiger partial charge in [0.1, 0.15) is 12.1 Å². The Hall–Kier alpha value is -3.61. The minimum atomic E-state index is -0.208. The number of benzene rings is 2. The van der Waals surface area contributed by atoms with Crippen LogP contribution in [0.15, 0.2) is 48.8 Å². The van der Waals surface area contributed by atoms with Crippen LogP contribution in [-0.4, -0.2) is 29.1 Å². The molecule has 7 heteroatoms. The second-order valence-corrected chi connectivity index (χ2v) is 7.65. The largest absolute Gasteiger partial charge is 0.490 e. The van der Waals surface area contributed by atoms with E-state index in [-0.39, 0.29) is 5.91 Å². The first-order chi connectivity index (χ1) is 16.0. The van der Waals surface area contributed by atoms with Crippen LogP contribution in [-0.2, 0) is 6.42 Å². The summed E-state index contributed by atoms with van der Waals surface area (Å²) >= 11 is 0. The van der Waals surface area contributed by atoms with E-state index in [0.717, 1.165) is 41.9 Å². The molecule has 0 bridgehead atoms. The Labute approximate surface area is 195 Å². The highest BCUT2D eigenvalue weighted by Crippen LogP contribution is 2.30. The van der Waals surface area contributed by atoms with Crippen molar-refractivity contribution in [2.75, 3.05) is 23.8 Å². The van der Waals surface area contributed by atoms with Gasteiger partial charge >= 0.3 is 0 Å². The first-order valence-electron chi connectivity index (χ1n) is 11.4. The molecule has 174 valence electrons. The molecule has 1 amide bonds. The molecule has 2 N–H and O–H groups in total. The summed E-state index contributed by atoms with van der Waals surface area (Å²) < 4.78 is 11.5. The van der Waals surface area contributed by atoms with E-state index in [1.807, 2.05) is 38.1 Å². The predicted octanol–water partition coefficient (Wildman–Crippen LogP) is 5.92. The number of unbranched alkanes of at least 4 members (excludes halogenated alkanes) is 1. The van der Waals surface area contributed by atoms with Crippen LogP contribution in [0.1, 0.15) is 55.2 Å². The normalized spacial score (nSPS) is 10.5. The van der Waals surface area contributed by atoms with Crippen LogP contribution in [0.25, 0.3) is 0 Å². The van der Waals surface area contributed by atoms with Crippen LogP contribution in [0.3, 0.4) is 0 Å². The van der Waals surface area contributed by atoms with Gasteiger partial charge < -0.3 is 20.1 Å². The fraction of sp³-hybridized carbons (Fsp3) is 0.346. The Bertz CT molecular complexity index is 1080. The van der Waals surface area contributed by atoms with Crippen molar-refractivity contribution >= 4 is 23.1 Å². The van der Waals surface area contributed by atoms with E-state index in [2.05, 4.69) is 34.4 Å². The van der Waals surface area contributed by atoms with Gasteiger partial charge in [0, 0.05) is 28.7 Å². The average molecular weight is 449 g/mol. The maximum Gasteiger partial charge on any atom is 0.255 e. The van der Waals surface area contributed by atoms with Crippen LogP contribution < -0.4 is 20.1 Å². The molecule has 3 rings (SSSR count). The third-order valence-corrected chi connectivity index (χ3v) is 5.08. The molecule has 1 aromatic heterocycles. The SMILES string of the molecule is CCCCOc1ccc(C(=O)Nc2cc(Nc3cc(C)ncn3)ccc2CC)cc1OCC. The molecular weight excluding hydrogens is 416 g/mol. The Morgan fingerprint density at radius 1 is 0.970 bits per heavy atom. The number of aryl methyl sites for hydroxylation is 2. The van der Waals surface area contributed by atoms with E-state index in [1.165, 1.54) is 6.33 Å². The number of carbonyl (C=O) groups excluding carboxylic acids is 1. The van der Waals surface area contributed by atoms with Crippen LogP contribution in [0.2, 0.25) is 0 Å². The van der Waals surface area contributed by atoms with Crippen molar-refractivity contribution < 1.29 is 14.3 Å². The summed E-state index contributed by atoms with van der Waals surface area (Å²) in [4.78, 5) is 21.4. The van der Waals surface area contributed by atoms with Crippen molar-refractivity contribution in [3.63, 3.8) is 0 Å². The molecule has 2 aromatic carbocycles. The van der Waals surface area contributed by atoms with Crippen molar-refractivity contribution in [3.8, 4) is 11.5 Å². The average Bonchev–Trinajstić information content (AvgIpc) is 2.80. The molecule has 3 aromatic rings. The monoisotopic (exact) mass is 448 g/mol. The molecule has 0 aliphatic rings. The van der Waals surface area contributed by atoms with Crippen molar-refractivity contribution in [1.29, 1.82) is 0 Å². The molecule has 0 spiro atoms. The number of anilines is 3. The van der Waals surface area contributed by atoms with E-state index >= 15 is 0 Å². The molecule has 0 saturated carbocycles. The Kier molecular flexibility index (Phi) is 8.63. The maximum absolute atomic E-state index is 13.1. The van der Waals surface area contributed by atoms with Crippen LogP contribution >= 0.6 is 0 Å². The maximum atomic E-state index is 13.1. The van der Waals surface area contributed by atoms with Gasteiger partial charge in [-0.25, -0.2) is 9.97 Å². The number of hydrogen-bond acceptors (Lipinski definition) is 6. The lowest BCUT2D eigenvalue weighted by atomic mass is 10.1. The Morgan fingerprint density at radius 3 is 2.55 bits per heavy atom. The fourth-order valence-corrected chi connectivity index (χ4v) is 3.31. The molecule has 7 nitrogen and oxygen atoms in total. The molecule has 0 saturated heterocycles. The van der Waals surface area contributed by atoms with Gasteiger partial charge in [-0.15, -0.1) is 0 Å². The highest BCUT2D eigenvalue weighted by molar-refractivity contribution is 6.05. The Balaban J connectivity index is 1.80. The zero-order valence-electron chi connectivity index (χ0n) is 19.8. The van der Waals surface area contributed by atoms with Gasteiger partial charge in [0.2, 0.25) is 0 Å². The molecule has 0 aliphatic heterocycles. The van der Waals surface area contributed by atoms with Crippen molar-refractivity contribution in [2.45, 2.75) is 47.0 Å². The number of nitrogens with zero attached hydrogens (tertiary/aromatic N) is 2. The number of carbonyl (C=O) groups is 1. The van der Waals surface area contributed by atoms with Gasteiger partial charge in [0.15, 0.2) is 11.5 Å². The quantitative estimate of drug-likeness (QED) is 0.354. The first kappa shape index (κ1) is 24.0. The minimum Gasteiger partial charge on any atom is -0.490 e. The Morgan fingerprint density at radius 2 is 1.82 bits per heavy atom. The summed E-state index contributed by atoms with van der Waals surface area (Å²) in [6, 6.07) is 13.1. The topological polar surface area (TPSA) is 85.4 Å². The zero-order valence-corrected chi connectivity index (χ0v) is 19.8. The van der Waals surface area contributed by atoms with Crippen molar-refractivity contribution in [3.05, 3.63) is 65.6 Å². The van der Waals surface area contributed by atoms with Crippen LogP contribution in [0, 0.1) is 6.92 Å². The highest BCUT2D eigenvalue weighted by Gasteiger charge is 2.14. The molecule has 1 heterocycles. The summed E-state index contributed by atoms with van der Waals surface area (Å²) in [5, 5.41) is 6.32. The van der Waals surface area contributed by atoms with E-state index < -0.39 is 0 Å². The number of rotatable bonds is 11. The van der Waals surface area contributed by atoms with Crippen molar-refractivity contribution in [2.24, 2.45) is 0 Å². The van der Waals surface area contributed by atoms with E-state index in [9.17, 15) is 4.79 Å². The van der Waals surface area contributed by atoms with Crippen LogP contribution in [0.5, 0.6) is 11.5 Å². The number of hydrogen-bond donors (Lipinski definition) is 2. The molecule has 0 unspecified atom stereocenters. The third kappa shape index (κ3) is 6.68. The zero-order chi connectivity index (χ0) is 23.6. The van der Waals surface area contributed by atoms with Gasteiger partial charge in [-0.2, -0.15) is 0 Å². The second kappa shape index (κ2) is 11.9. The lowest BCUT2D eigenvalue weighted by molar-refractivity contribution is 0.102. The second-order valence-electron chi connectivity index (χ2n) is 7.65. The van der Waals surface area contributed by atoms with Gasteiger partial charge in [-0.3, -0.25) is 4.79 Å². The number of nitrogens with one attached hydrogen (secondary N) is 2. The number of ether oxygens (including phenoxy) is 2. The molecular formula is C26H32N4O3. The molecule has 33 heavy (non-hydrogen) atoms. The van der Waals surface area contributed by atoms with Crippen LogP contribution in [0.4, 0.5) is 17.2 Å². The number of aromatic nitrogens is 2. The first-order valence-corrected chi connectivity index (χ1v) is 11.4. The molecule has 0 atom stereocenters. The van der Waals surface area contributed by atoms with Crippen molar-refractivity contribution in [1.82, 2.24) is 9.97 Å². The lowest BCUT2D eigenvalue weighted by Gasteiger charge is -2.15. The molecule has 0 radical (unpaired) electrons. The lowest BCUT2D eigenvalue weighted by Crippen LogP contribution is -2.14. The van der Waals surface area contributed by atoms with E-state index in [1.54, 1.807) is 18.2 Å². The standard InChI is InChI=1S/C26H32N4O3/c1-5-8-13-33-23-12-10-20(15-24(23)32-7-3)26(31)30-22-16-21(11-9-19(22)6-2)29-25-14-18(4)27-17-28-25/h9-12,14-17H,5-8,13H2,1-4H3,(H,30,31)(H,27,28,29). The van der Waals surface area contributed by atoms with Gasteiger partial charge in [-0.1, -0.05) is 26.3 Å². The summed E-state index contributed by atoms with van der Waals surface area (Å²) in [6.07, 6.45) is 4.32. The van der Waals surface area contributed by atoms with Gasteiger partial charge in [0.05, 0.1) is 13.2 Å². The third-order valence-electron chi connectivity index (χ3n) is 5.08. The minimum absolute atomic E-state index is 0.208. The number of amides is 1. The summed E-state index contributed by atoms with van der Waals surface area (Å²) in [7, 11) is 0. The molecule has 0 fully saturated rings.